The lowest BCUT2D eigenvalue weighted by Crippen LogP contribution is -2.35. The zero-order valence-corrected chi connectivity index (χ0v) is 40.7. The van der Waals surface area contributed by atoms with Crippen molar-refractivity contribution in [3.05, 3.63) is 135 Å². The Morgan fingerprint density at radius 2 is 0.849 bits per heavy atom. The quantitative estimate of drug-likeness (QED) is 0.101. The van der Waals surface area contributed by atoms with Gasteiger partial charge in [-0.1, -0.05) is 71.3 Å². The first kappa shape index (κ1) is 55.9. The van der Waals surface area contributed by atoms with Gasteiger partial charge in [0.2, 0.25) is 0 Å². The summed E-state index contributed by atoms with van der Waals surface area (Å²) >= 11 is 0. The van der Waals surface area contributed by atoms with E-state index in [9.17, 15) is 66.6 Å². The summed E-state index contributed by atoms with van der Waals surface area (Å²) in [5, 5.41) is 11.2. The molecule has 1 N–H and O–H groups in total. The van der Waals surface area contributed by atoms with E-state index in [1.165, 1.54) is 64.2 Å². The zero-order valence-electron chi connectivity index (χ0n) is 40.7. The largest absolute Gasteiger partial charge is 0.432 e. The fraction of sp³-hybridized carbons (Fsp3) is 0.536. The highest BCUT2D eigenvalue weighted by Gasteiger charge is 2.45. The third-order valence-corrected chi connectivity index (χ3v) is 15.8. The average Bonchev–Trinajstić information content (AvgIpc) is 3.33. The van der Waals surface area contributed by atoms with E-state index in [1.54, 1.807) is 0 Å². The van der Waals surface area contributed by atoms with E-state index in [-0.39, 0.29) is 48.2 Å². The van der Waals surface area contributed by atoms with Gasteiger partial charge < -0.3 is 14.6 Å². The number of hydrogen-bond acceptors (Lipinski definition) is 3. The minimum atomic E-state index is -4.67. The molecule has 0 heterocycles. The number of rotatable bonds is 14. The molecule has 4 aromatic carbocycles. The maximum atomic E-state index is 14.8. The molecule has 3 nitrogen and oxygen atoms in total. The normalized spacial score (nSPS) is 24.9. The molecule has 4 aliphatic rings. The Morgan fingerprint density at radius 1 is 0.479 bits per heavy atom. The van der Waals surface area contributed by atoms with Crippen molar-refractivity contribution < 1.29 is 76.0 Å². The fourth-order valence-corrected chi connectivity index (χ4v) is 11.9. The van der Waals surface area contributed by atoms with Gasteiger partial charge in [0.15, 0.2) is 34.9 Å². The van der Waals surface area contributed by atoms with E-state index in [0.29, 0.717) is 60.6 Å². The summed E-state index contributed by atoms with van der Waals surface area (Å²) in [6.45, 7) is 4.40. The first-order valence-corrected chi connectivity index (χ1v) is 25.4. The van der Waals surface area contributed by atoms with Crippen LogP contribution in [0.1, 0.15) is 158 Å². The third-order valence-electron chi connectivity index (χ3n) is 15.8. The molecule has 0 bridgehead atoms. The number of allylic oxidation sites excluding steroid dienone is 2. The van der Waals surface area contributed by atoms with Crippen LogP contribution in [0, 0.1) is 93.7 Å². The zero-order chi connectivity index (χ0) is 53.0. The topological polar surface area (TPSA) is 38.7 Å². The Morgan fingerprint density at radius 3 is 1.22 bits per heavy atom. The van der Waals surface area contributed by atoms with E-state index in [0.717, 1.165) is 49.7 Å². The van der Waals surface area contributed by atoms with Gasteiger partial charge in [-0.3, -0.25) is 0 Å². The molecule has 4 aromatic rings. The summed E-state index contributed by atoms with van der Waals surface area (Å²) < 4.78 is 205. The van der Waals surface area contributed by atoms with Crippen LogP contribution >= 0.6 is 0 Å². The van der Waals surface area contributed by atoms with Crippen molar-refractivity contribution in [2.24, 2.45) is 35.5 Å². The van der Waals surface area contributed by atoms with Crippen molar-refractivity contribution in [2.75, 3.05) is 0 Å². The molecule has 0 radical (unpaired) electrons. The molecule has 0 aliphatic heterocycles. The van der Waals surface area contributed by atoms with E-state index in [1.807, 2.05) is 6.08 Å². The van der Waals surface area contributed by atoms with E-state index >= 15 is 0 Å². The van der Waals surface area contributed by atoms with Gasteiger partial charge in [0.1, 0.15) is 45.9 Å². The smallest absolute Gasteiger partial charge is 0.429 e. The van der Waals surface area contributed by atoms with Crippen molar-refractivity contribution in [1.29, 1.82) is 0 Å². The van der Waals surface area contributed by atoms with Crippen molar-refractivity contribution in [2.45, 2.75) is 154 Å². The van der Waals surface area contributed by atoms with Crippen LogP contribution in [0.4, 0.5) is 61.5 Å². The first-order valence-electron chi connectivity index (χ1n) is 25.4. The van der Waals surface area contributed by atoms with Gasteiger partial charge in [-0.2, -0.15) is 17.6 Å². The second kappa shape index (κ2) is 23.4. The second-order valence-electron chi connectivity index (χ2n) is 20.5. The number of halogens is 14. The van der Waals surface area contributed by atoms with Crippen LogP contribution in [0.3, 0.4) is 0 Å². The highest BCUT2D eigenvalue weighted by molar-refractivity contribution is 5.67. The molecular formula is C56H60F14O3. The standard InChI is InChI=1S/C28H31F7O2.C28H29F7O/c1-2-3-16-4-6-17(7-5-16)18-8-10-27(36,11-9-18)19-12-21(29)25(22(30)13-19)28(34,35)37-20-14-23(31)26(33)24(32)15-20;1-2-3-16-4-6-17(7-5-16)18-8-10-19(11-9-18)20-12-22(29)26(23(30)13-20)28(34,35)36-21-14-24(31)27(33)25(32)15-21/h12-18,36H,2-11H2,1H3;10,12-18H,2-9,11H2,1H3. The van der Waals surface area contributed by atoms with Gasteiger partial charge in [0, 0.05) is 24.3 Å². The van der Waals surface area contributed by atoms with Gasteiger partial charge in [-0.05, 0) is 147 Å². The lowest BCUT2D eigenvalue weighted by molar-refractivity contribution is -0.190. The Bertz CT molecular complexity index is 2480. The molecule has 0 amide bonds. The highest BCUT2D eigenvalue weighted by atomic mass is 19.3. The van der Waals surface area contributed by atoms with Crippen LogP contribution < -0.4 is 9.47 Å². The number of aliphatic hydroxyl groups is 1. The van der Waals surface area contributed by atoms with E-state index in [2.05, 4.69) is 23.3 Å². The summed E-state index contributed by atoms with van der Waals surface area (Å²) in [5.74, 6) is -15.9. The third kappa shape index (κ3) is 13.2. The van der Waals surface area contributed by atoms with Crippen LogP contribution in [0.5, 0.6) is 11.5 Å². The predicted molar refractivity (Wildman–Crippen MR) is 246 cm³/mol. The van der Waals surface area contributed by atoms with Crippen molar-refractivity contribution in [3.8, 4) is 11.5 Å². The number of ether oxygens (including phenoxy) is 2. The molecule has 400 valence electrons. The molecule has 17 heteroatoms. The van der Waals surface area contributed by atoms with Gasteiger partial charge in [-0.25, -0.2) is 43.9 Å². The Hall–Kier alpha value is -4.80. The lowest BCUT2D eigenvalue weighted by Gasteiger charge is -2.41. The van der Waals surface area contributed by atoms with Crippen LogP contribution in [0.25, 0.3) is 5.57 Å². The molecule has 3 fully saturated rings. The van der Waals surface area contributed by atoms with Crippen LogP contribution in [-0.2, 0) is 17.8 Å². The van der Waals surface area contributed by atoms with Gasteiger partial charge >= 0.3 is 12.2 Å². The summed E-state index contributed by atoms with van der Waals surface area (Å²) in [6.07, 6.45) is 11.3. The minimum Gasteiger partial charge on any atom is -0.429 e. The monoisotopic (exact) mass is 1050 g/mol. The summed E-state index contributed by atoms with van der Waals surface area (Å²) in [4.78, 5) is 0. The summed E-state index contributed by atoms with van der Waals surface area (Å²) in [6, 6.07) is 3.59. The van der Waals surface area contributed by atoms with E-state index in [4.69, 9.17) is 0 Å². The molecule has 0 spiro atoms. The second-order valence-corrected chi connectivity index (χ2v) is 20.5. The molecular weight excluding hydrogens is 987 g/mol. The Labute approximate surface area is 416 Å². The molecule has 0 saturated heterocycles. The molecule has 1 atom stereocenters. The number of hydrogen-bond donors (Lipinski definition) is 1. The SMILES string of the molecule is CCCC1CCC(C2CC=C(c3cc(F)c(C(F)(F)Oc4cc(F)c(F)c(F)c4)c(F)c3)CC2)CC1.CCCC1CCC(C2CCC(O)(c3cc(F)c(C(F)(F)Oc4cc(F)c(F)c(F)c4)c(F)c3)CC2)CC1. The van der Waals surface area contributed by atoms with E-state index < -0.39 is 98.6 Å². The molecule has 3 saturated carbocycles. The first-order chi connectivity index (χ1) is 34.5. The average molecular weight is 1050 g/mol. The Balaban J connectivity index is 0.000000214. The molecule has 4 aliphatic carbocycles. The minimum absolute atomic E-state index is 0.147. The van der Waals surface area contributed by atoms with Crippen molar-refractivity contribution in [3.63, 3.8) is 0 Å². The predicted octanol–water partition coefficient (Wildman–Crippen LogP) is 17.8. The molecule has 73 heavy (non-hydrogen) atoms. The number of benzene rings is 4. The van der Waals surface area contributed by atoms with Crippen molar-refractivity contribution in [1.82, 2.24) is 0 Å². The highest BCUT2D eigenvalue weighted by Crippen LogP contribution is 2.48. The molecule has 0 aromatic heterocycles. The fourth-order valence-electron chi connectivity index (χ4n) is 11.9. The molecule has 1 unspecified atom stereocenters. The Kier molecular flexibility index (Phi) is 17.9. The van der Waals surface area contributed by atoms with Crippen LogP contribution in [0.15, 0.2) is 54.6 Å². The van der Waals surface area contributed by atoms with Gasteiger partial charge in [0.05, 0.1) is 5.60 Å². The van der Waals surface area contributed by atoms with Crippen LogP contribution in [-0.4, -0.2) is 5.11 Å². The van der Waals surface area contributed by atoms with Gasteiger partial charge in [0.25, 0.3) is 0 Å². The van der Waals surface area contributed by atoms with Crippen molar-refractivity contribution >= 4 is 5.57 Å². The maximum absolute atomic E-state index is 14.8. The lowest BCUT2D eigenvalue weighted by atomic mass is 9.66. The van der Waals surface area contributed by atoms with Crippen LogP contribution in [0.2, 0.25) is 0 Å². The maximum Gasteiger partial charge on any atom is 0.432 e. The summed E-state index contributed by atoms with van der Waals surface area (Å²) in [5.41, 5.74) is -4.30. The molecule has 8 rings (SSSR count). The van der Waals surface area contributed by atoms with Gasteiger partial charge in [-0.15, -0.1) is 0 Å². The number of alkyl halides is 4. The summed E-state index contributed by atoms with van der Waals surface area (Å²) in [7, 11) is 0.